The van der Waals surface area contributed by atoms with Gasteiger partial charge in [-0.1, -0.05) is 37.1 Å². The summed E-state index contributed by atoms with van der Waals surface area (Å²) in [5.41, 5.74) is 2.48. The molecule has 0 aliphatic carbocycles. The van der Waals surface area contributed by atoms with Crippen molar-refractivity contribution in [3.05, 3.63) is 35.4 Å². The maximum atomic E-state index is 11.9. The number of nitrogens with one attached hydrogen (secondary N) is 1. The van der Waals surface area contributed by atoms with Gasteiger partial charge in [0.25, 0.3) is 0 Å². The minimum atomic E-state index is -0.389. The van der Waals surface area contributed by atoms with Gasteiger partial charge in [-0.2, -0.15) is 0 Å². The zero-order chi connectivity index (χ0) is 16.5. The van der Waals surface area contributed by atoms with E-state index in [1.54, 1.807) is 6.92 Å². The van der Waals surface area contributed by atoms with Crippen molar-refractivity contribution in [3.63, 3.8) is 0 Å². The van der Waals surface area contributed by atoms with Crippen LogP contribution in [0.1, 0.15) is 50.7 Å². The van der Waals surface area contributed by atoms with Gasteiger partial charge in [0.15, 0.2) is 0 Å². The van der Waals surface area contributed by atoms with Gasteiger partial charge in [-0.05, 0) is 50.9 Å². The Labute approximate surface area is 140 Å². The largest absolute Gasteiger partial charge is 0.369 e. The molecule has 23 heavy (non-hydrogen) atoms. The van der Waals surface area contributed by atoms with Crippen molar-refractivity contribution in [2.24, 2.45) is 0 Å². The number of benzene rings is 1. The lowest BCUT2D eigenvalue weighted by Gasteiger charge is -2.20. The number of rotatable bonds is 7. The SMILES string of the molecule is CCO[C@H](C)C(=O)NCc1cccc(CN2CCCCCC2)c1. The van der Waals surface area contributed by atoms with Crippen LogP contribution in [0, 0.1) is 0 Å². The third-order valence-electron chi connectivity index (χ3n) is 4.35. The molecular weight excluding hydrogens is 288 g/mol. The molecule has 0 bridgehead atoms. The highest BCUT2D eigenvalue weighted by Crippen LogP contribution is 2.14. The Kier molecular flexibility index (Phi) is 7.56. The van der Waals surface area contributed by atoms with Gasteiger partial charge in [0.05, 0.1) is 0 Å². The molecule has 1 N–H and O–H groups in total. The molecule has 4 nitrogen and oxygen atoms in total. The monoisotopic (exact) mass is 318 g/mol. The van der Waals surface area contributed by atoms with Gasteiger partial charge < -0.3 is 10.1 Å². The second kappa shape index (κ2) is 9.68. The molecule has 1 aromatic carbocycles. The van der Waals surface area contributed by atoms with Gasteiger partial charge in [0.1, 0.15) is 6.10 Å². The Balaban J connectivity index is 1.85. The molecule has 1 aliphatic rings. The highest BCUT2D eigenvalue weighted by molar-refractivity contribution is 5.80. The summed E-state index contributed by atoms with van der Waals surface area (Å²) in [7, 11) is 0. The van der Waals surface area contributed by atoms with E-state index in [1.165, 1.54) is 44.3 Å². The number of nitrogens with zero attached hydrogens (tertiary/aromatic N) is 1. The number of likely N-dealkylation sites (tertiary alicyclic amines) is 1. The van der Waals surface area contributed by atoms with Crippen molar-refractivity contribution in [1.29, 1.82) is 0 Å². The number of ether oxygens (including phenoxy) is 1. The van der Waals surface area contributed by atoms with Crippen LogP contribution in [0.4, 0.5) is 0 Å². The van der Waals surface area contributed by atoms with Crippen molar-refractivity contribution in [1.82, 2.24) is 10.2 Å². The third kappa shape index (κ3) is 6.32. The van der Waals surface area contributed by atoms with E-state index >= 15 is 0 Å². The van der Waals surface area contributed by atoms with Gasteiger partial charge in [-0.3, -0.25) is 9.69 Å². The Morgan fingerprint density at radius 3 is 2.61 bits per heavy atom. The Morgan fingerprint density at radius 1 is 1.22 bits per heavy atom. The van der Waals surface area contributed by atoms with Gasteiger partial charge in [-0.25, -0.2) is 0 Å². The molecule has 1 saturated heterocycles. The van der Waals surface area contributed by atoms with Crippen LogP contribution in [-0.2, 0) is 22.6 Å². The smallest absolute Gasteiger partial charge is 0.249 e. The van der Waals surface area contributed by atoms with Gasteiger partial charge in [-0.15, -0.1) is 0 Å². The summed E-state index contributed by atoms with van der Waals surface area (Å²) in [6, 6.07) is 8.54. The summed E-state index contributed by atoms with van der Waals surface area (Å²) in [5.74, 6) is -0.0511. The zero-order valence-electron chi connectivity index (χ0n) is 14.5. The maximum Gasteiger partial charge on any atom is 0.249 e. The lowest BCUT2D eigenvalue weighted by Crippen LogP contribution is -2.34. The molecule has 0 aromatic heterocycles. The summed E-state index contributed by atoms with van der Waals surface area (Å²) in [5, 5.41) is 2.95. The minimum Gasteiger partial charge on any atom is -0.369 e. The van der Waals surface area contributed by atoms with E-state index in [4.69, 9.17) is 4.74 Å². The van der Waals surface area contributed by atoms with Gasteiger partial charge in [0.2, 0.25) is 5.91 Å². The van der Waals surface area contributed by atoms with Crippen molar-refractivity contribution >= 4 is 5.91 Å². The second-order valence-electron chi connectivity index (χ2n) is 6.33. The first-order valence-corrected chi connectivity index (χ1v) is 8.88. The first-order chi connectivity index (χ1) is 11.2. The van der Waals surface area contributed by atoms with Crippen molar-refractivity contribution in [2.75, 3.05) is 19.7 Å². The molecule has 1 aromatic rings. The predicted octanol–water partition coefficient (Wildman–Crippen LogP) is 3.10. The summed E-state index contributed by atoms with van der Waals surface area (Å²) < 4.78 is 5.31. The standard InChI is InChI=1S/C19H30N2O2/c1-3-23-16(2)19(22)20-14-17-9-8-10-18(13-17)15-21-11-6-4-5-7-12-21/h8-10,13,16H,3-7,11-12,14-15H2,1-2H3,(H,20,22)/t16-/m1/s1. The van der Waals surface area contributed by atoms with E-state index in [-0.39, 0.29) is 12.0 Å². The first kappa shape index (κ1) is 18.0. The average molecular weight is 318 g/mol. The Morgan fingerprint density at radius 2 is 1.91 bits per heavy atom. The zero-order valence-corrected chi connectivity index (χ0v) is 14.5. The van der Waals surface area contributed by atoms with Crippen LogP contribution in [0.15, 0.2) is 24.3 Å². The van der Waals surface area contributed by atoms with Crippen LogP contribution in [0.25, 0.3) is 0 Å². The summed E-state index contributed by atoms with van der Waals surface area (Å²) in [6.07, 6.45) is 4.96. The average Bonchev–Trinajstić information content (AvgIpc) is 2.82. The summed E-state index contributed by atoms with van der Waals surface area (Å²) in [6.45, 7) is 8.21. The molecule has 1 aliphatic heterocycles. The van der Waals surface area contributed by atoms with Crippen molar-refractivity contribution in [3.8, 4) is 0 Å². The van der Waals surface area contributed by atoms with E-state index in [1.807, 2.05) is 6.92 Å². The molecule has 0 spiro atoms. The molecule has 1 amide bonds. The molecule has 2 rings (SSSR count). The van der Waals surface area contributed by atoms with Gasteiger partial charge >= 0.3 is 0 Å². The fourth-order valence-electron chi connectivity index (χ4n) is 3.05. The molecule has 0 saturated carbocycles. The highest BCUT2D eigenvalue weighted by atomic mass is 16.5. The lowest BCUT2D eigenvalue weighted by atomic mass is 10.1. The first-order valence-electron chi connectivity index (χ1n) is 8.88. The predicted molar refractivity (Wildman–Crippen MR) is 93.1 cm³/mol. The summed E-state index contributed by atoms with van der Waals surface area (Å²) in [4.78, 5) is 14.4. The number of amides is 1. The topological polar surface area (TPSA) is 41.6 Å². The maximum absolute atomic E-state index is 11.9. The number of carbonyl (C=O) groups is 1. The fourth-order valence-corrected chi connectivity index (χ4v) is 3.05. The van der Waals surface area contributed by atoms with Gasteiger partial charge in [0, 0.05) is 19.7 Å². The number of carbonyl (C=O) groups excluding carboxylic acids is 1. The Hall–Kier alpha value is -1.39. The summed E-state index contributed by atoms with van der Waals surface area (Å²) >= 11 is 0. The van der Waals surface area contributed by atoms with E-state index in [9.17, 15) is 4.79 Å². The molecule has 4 heteroatoms. The molecule has 1 fully saturated rings. The third-order valence-corrected chi connectivity index (χ3v) is 4.35. The minimum absolute atomic E-state index is 0.0511. The molecule has 128 valence electrons. The molecule has 1 heterocycles. The van der Waals surface area contributed by atoms with Crippen molar-refractivity contribution < 1.29 is 9.53 Å². The van der Waals surface area contributed by atoms with E-state index in [0.717, 1.165) is 12.1 Å². The van der Waals surface area contributed by atoms with Crippen molar-refractivity contribution in [2.45, 2.75) is 58.7 Å². The molecule has 1 atom stereocenters. The van der Waals surface area contributed by atoms with E-state index < -0.39 is 0 Å². The number of hydrogen-bond donors (Lipinski definition) is 1. The van der Waals surface area contributed by atoms with Crippen LogP contribution in [-0.4, -0.2) is 36.6 Å². The van der Waals surface area contributed by atoms with E-state index in [0.29, 0.717) is 13.2 Å². The van der Waals surface area contributed by atoms with Crippen LogP contribution in [0.2, 0.25) is 0 Å². The quantitative estimate of drug-likeness (QED) is 0.840. The molecular formula is C19H30N2O2. The Bertz CT molecular complexity index is 482. The van der Waals surface area contributed by atoms with Crippen LogP contribution in [0.5, 0.6) is 0 Å². The second-order valence-corrected chi connectivity index (χ2v) is 6.33. The normalized spacial score (nSPS) is 17.5. The van der Waals surface area contributed by atoms with Crippen LogP contribution < -0.4 is 5.32 Å². The molecule has 0 radical (unpaired) electrons. The highest BCUT2D eigenvalue weighted by Gasteiger charge is 2.12. The van der Waals surface area contributed by atoms with Crippen LogP contribution >= 0.6 is 0 Å². The van der Waals surface area contributed by atoms with Crippen LogP contribution in [0.3, 0.4) is 0 Å². The van der Waals surface area contributed by atoms with E-state index in [2.05, 4.69) is 34.5 Å². The fraction of sp³-hybridized carbons (Fsp3) is 0.632. The molecule has 0 unspecified atom stereocenters. The lowest BCUT2D eigenvalue weighted by molar-refractivity contribution is -0.131. The number of hydrogen-bond acceptors (Lipinski definition) is 3.